The third-order valence-corrected chi connectivity index (χ3v) is 3.62. The Balaban J connectivity index is 2.22. The number of benzene rings is 2. The molecule has 1 atom stereocenters. The Bertz CT molecular complexity index is 598. The van der Waals surface area contributed by atoms with Crippen LogP contribution in [0.1, 0.15) is 24.1 Å². The van der Waals surface area contributed by atoms with Gasteiger partial charge >= 0.3 is 0 Å². The van der Waals surface area contributed by atoms with E-state index in [1.54, 1.807) is 0 Å². The maximum atomic E-state index is 11.4. The van der Waals surface area contributed by atoms with Gasteiger partial charge in [0, 0.05) is 18.3 Å². The number of para-hydroxylation sites is 1. The molecule has 2 aromatic rings. The molecule has 110 valence electrons. The Hall–Kier alpha value is -2.33. The molecule has 0 aliphatic carbocycles. The molecule has 4 heteroatoms. The first kappa shape index (κ1) is 15.1. The van der Waals surface area contributed by atoms with E-state index in [-0.39, 0.29) is 18.5 Å². The van der Waals surface area contributed by atoms with Gasteiger partial charge in [-0.05, 0) is 24.1 Å². The summed E-state index contributed by atoms with van der Waals surface area (Å²) in [7, 11) is 0. The third kappa shape index (κ3) is 4.07. The number of carbonyl (C=O) groups excluding carboxylic acids is 1. The summed E-state index contributed by atoms with van der Waals surface area (Å²) < 4.78 is 0. The van der Waals surface area contributed by atoms with Crippen molar-refractivity contribution in [3.05, 3.63) is 65.7 Å². The van der Waals surface area contributed by atoms with E-state index >= 15 is 0 Å². The molecule has 0 heterocycles. The minimum absolute atomic E-state index is 0.0818. The van der Waals surface area contributed by atoms with Gasteiger partial charge < -0.3 is 11.5 Å². The van der Waals surface area contributed by atoms with Crippen molar-refractivity contribution >= 4 is 11.6 Å². The summed E-state index contributed by atoms with van der Waals surface area (Å²) in [6.45, 7) is 2.85. The largest absolute Gasteiger partial charge is 0.398 e. The van der Waals surface area contributed by atoms with Crippen LogP contribution in [0.2, 0.25) is 0 Å². The van der Waals surface area contributed by atoms with Crippen LogP contribution in [0.15, 0.2) is 54.6 Å². The topological polar surface area (TPSA) is 72.3 Å². The lowest BCUT2D eigenvalue weighted by molar-refractivity contribution is -0.119. The van der Waals surface area contributed by atoms with Crippen molar-refractivity contribution in [1.82, 2.24) is 4.90 Å². The van der Waals surface area contributed by atoms with Gasteiger partial charge in [-0.25, -0.2) is 0 Å². The molecule has 0 aromatic heterocycles. The number of hydrogen-bond donors (Lipinski definition) is 2. The van der Waals surface area contributed by atoms with Crippen molar-refractivity contribution in [1.29, 1.82) is 0 Å². The van der Waals surface area contributed by atoms with Crippen LogP contribution in [0.5, 0.6) is 0 Å². The molecular formula is C17H21N3O. The van der Waals surface area contributed by atoms with Crippen molar-refractivity contribution in [3.63, 3.8) is 0 Å². The summed E-state index contributed by atoms with van der Waals surface area (Å²) in [5.74, 6) is -0.340. The van der Waals surface area contributed by atoms with Gasteiger partial charge in [-0.1, -0.05) is 48.5 Å². The van der Waals surface area contributed by atoms with Crippen LogP contribution >= 0.6 is 0 Å². The highest BCUT2D eigenvalue weighted by Gasteiger charge is 2.18. The number of hydrogen-bond acceptors (Lipinski definition) is 3. The summed E-state index contributed by atoms with van der Waals surface area (Å²) in [6.07, 6.45) is 0. The fourth-order valence-corrected chi connectivity index (χ4v) is 2.37. The van der Waals surface area contributed by atoms with Gasteiger partial charge in [0.2, 0.25) is 5.91 Å². The molecule has 2 rings (SSSR count). The number of primary amides is 1. The highest BCUT2D eigenvalue weighted by Crippen LogP contribution is 2.23. The minimum Gasteiger partial charge on any atom is -0.398 e. The number of nitrogens with two attached hydrogens (primary N) is 2. The Labute approximate surface area is 125 Å². The maximum absolute atomic E-state index is 11.4. The Morgan fingerprint density at radius 2 is 1.71 bits per heavy atom. The molecule has 0 aliphatic rings. The Kier molecular flexibility index (Phi) is 4.95. The van der Waals surface area contributed by atoms with E-state index in [9.17, 15) is 4.79 Å². The summed E-state index contributed by atoms with van der Waals surface area (Å²) in [6, 6.07) is 17.8. The number of rotatable bonds is 6. The Morgan fingerprint density at radius 1 is 1.10 bits per heavy atom. The average molecular weight is 283 g/mol. The number of nitrogens with zero attached hydrogens (tertiary/aromatic N) is 1. The van der Waals surface area contributed by atoms with E-state index in [1.807, 2.05) is 59.5 Å². The highest BCUT2D eigenvalue weighted by atomic mass is 16.1. The monoisotopic (exact) mass is 283 g/mol. The van der Waals surface area contributed by atoms with Crippen LogP contribution in [0.3, 0.4) is 0 Å². The summed E-state index contributed by atoms with van der Waals surface area (Å²) >= 11 is 0. The molecule has 0 fully saturated rings. The van der Waals surface area contributed by atoms with Crippen molar-refractivity contribution in [2.24, 2.45) is 5.73 Å². The van der Waals surface area contributed by atoms with Gasteiger partial charge in [0.1, 0.15) is 0 Å². The lowest BCUT2D eigenvalue weighted by Crippen LogP contribution is -2.35. The molecule has 1 unspecified atom stereocenters. The molecular weight excluding hydrogens is 262 g/mol. The second-order valence-electron chi connectivity index (χ2n) is 5.16. The molecule has 2 aromatic carbocycles. The first-order chi connectivity index (χ1) is 10.1. The lowest BCUT2D eigenvalue weighted by atomic mass is 10.1. The zero-order valence-electron chi connectivity index (χ0n) is 12.2. The van der Waals surface area contributed by atoms with Crippen LogP contribution in [-0.2, 0) is 11.3 Å². The molecule has 0 radical (unpaired) electrons. The number of carbonyl (C=O) groups is 1. The summed E-state index contributed by atoms with van der Waals surface area (Å²) in [4.78, 5) is 13.4. The second kappa shape index (κ2) is 6.90. The molecule has 0 aliphatic heterocycles. The standard InChI is InChI=1S/C17H21N3O/c1-13(14-7-3-2-4-8-14)20(12-17(19)21)11-15-9-5-6-10-16(15)18/h2-10,13H,11-12,18H2,1H3,(H2,19,21). The maximum Gasteiger partial charge on any atom is 0.231 e. The molecule has 0 saturated carbocycles. The molecule has 0 spiro atoms. The average Bonchev–Trinajstić information content (AvgIpc) is 2.48. The van der Waals surface area contributed by atoms with Gasteiger partial charge in [0.15, 0.2) is 0 Å². The first-order valence-electron chi connectivity index (χ1n) is 6.98. The molecule has 21 heavy (non-hydrogen) atoms. The normalized spacial score (nSPS) is 12.3. The van der Waals surface area contributed by atoms with E-state index in [0.29, 0.717) is 6.54 Å². The van der Waals surface area contributed by atoms with Crippen LogP contribution in [0, 0.1) is 0 Å². The van der Waals surface area contributed by atoms with E-state index in [2.05, 4.69) is 6.92 Å². The van der Waals surface area contributed by atoms with Crippen molar-refractivity contribution in [2.45, 2.75) is 19.5 Å². The van der Waals surface area contributed by atoms with E-state index < -0.39 is 0 Å². The number of anilines is 1. The molecule has 4 nitrogen and oxygen atoms in total. The van der Waals surface area contributed by atoms with Gasteiger partial charge in [0.25, 0.3) is 0 Å². The predicted octanol–water partition coefficient (Wildman–Crippen LogP) is 2.32. The number of amides is 1. The third-order valence-electron chi connectivity index (χ3n) is 3.62. The summed E-state index contributed by atoms with van der Waals surface area (Å²) in [5.41, 5.74) is 14.3. The molecule has 1 amide bonds. The zero-order chi connectivity index (χ0) is 15.2. The van der Waals surface area contributed by atoms with E-state index in [1.165, 1.54) is 0 Å². The van der Waals surface area contributed by atoms with Crippen LogP contribution in [-0.4, -0.2) is 17.4 Å². The van der Waals surface area contributed by atoms with Gasteiger partial charge in [-0.15, -0.1) is 0 Å². The molecule has 4 N–H and O–H groups in total. The van der Waals surface area contributed by atoms with E-state index in [0.717, 1.165) is 16.8 Å². The Morgan fingerprint density at radius 3 is 2.33 bits per heavy atom. The van der Waals surface area contributed by atoms with Crippen molar-refractivity contribution in [2.75, 3.05) is 12.3 Å². The van der Waals surface area contributed by atoms with Crippen LogP contribution in [0.25, 0.3) is 0 Å². The van der Waals surface area contributed by atoms with E-state index in [4.69, 9.17) is 11.5 Å². The van der Waals surface area contributed by atoms with Gasteiger partial charge in [-0.2, -0.15) is 0 Å². The van der Waals surface area contributed by atoms with Crippen molar-refractivity contribution < 1.29 is 4.79 Å². The van der Waals surface area contributed by atoms with Crippen LogP contribution in [0.4, 0.5) is 5.69 Å². The molecule has 0 bridgehead atoms. The number of nitrogen functional groups attached to an aromatic ring is 1. The smallest absolute Gasteiger partial charge is 0.231 e. The fraction of sp³-hybridized carbons (Fsp3) is 0.235. The first-order valence-corrected chi connectivity index (χ1v) is 6.98. The van der Waals surface area contributed by atoms with Gasteiger partial charge in [-0.3, -0.25) is 9.69 Å². The second-order valence-corrected chi connectivity index (χ2v) is 5.16. The van der Waals surface area contributed by atoms with Crippen molar-refractivity contribution in [3.8, 4) is 0 Å². The minimum atomic E-state index is -0.340. The highest BCUT2D eigenvalue weighted by molar-refractivity contribution is 5.76. The fourth-order valence-electron chi connectivity index (χ4n) is 2.37. The van der Waals surface area contributed by atoms with Crippen LogP contribution < -0.4 is 11.5 Å². The molecule has 0 saturated heterocycles. The summed E-state index contributed by atoms with van der Waals surface area (Å²) in [5, 5.41) is 0. The lowest BCUT2D eigenvalue weighted by Gasteiger charge is -2.28. The SMILES string of the molecule is CC(c1ccccc1)N(CC(N)=O)Cc1ccccc1N. The quantitative estimate of drug-likeness (QED) is 0.799. The zero-order valence-corrected chi connectivity index (χ0v) is 12.2. The predicted molar refractivity (Wildman–Crippen MR) is 85.3 cm³/mol. The van der Waals surface area contributed by atoms with Gasteiger partial charge in [0.05, 0.1) is 6.54 Å².